The summed E-state index contributed by atoms with van der Waals surface area (Å²) in [5, 5.41) is 31.4. The fraction of sp³-hybridized carbons (Fsp3) is 0.444. The summed E-state index contributed by atoms with van der Waals surface area (Å²) < 4.78 is 46.1. The predicted molar refractivity (Wildman–Crippen MR) is 273 cm³/mol. The first-order chi connectivity index (χ1) is 34.2. The van der Waals surface area contributed by atoms with Crippen LogP contribution in [0.1, 0.15) is 88.9 Å². The van der Waals surface area contributed by atoms with E-state index in [9.17, 15) is 52.3 Å². The summed E-state index contributed by atoms with van der Waals surface area (Å²) in [6.07, 6.45) is -3.00. The second kappa shape index (κ2) is 36.3. The van der Waals surface area contributed by atoms with Gasteiger partial charge >= 0.3 is 27.0 Å². The quantitative estimate of drug-likeness (QED) is 0.0166. The maximum atomic E-state index is 13.2. The summed E-state index contributed by atoms with van der Waals surface area (Å²) in [6.45, 7) is 5.84. The van der Waals surface area contributed by atoms with Crippen LogP contribution in [-0.4, -0.2) is 114 Å². The molecule has 0 aliphatic heterocycles. The lowest BCUT2D eigenvalue weighted by molar-refractivity contribution is -0.139. The highest BCUT2D eigenvalue weighted by Crippen LogP contribution is 2.49. The van der Waals surface area contributed by atoms with E-state index in [1.165, 1.54) is 22.5 Å². The van der Waals surface area contributed by atoms with Crippen LogP contribution in [0.25, 0.3) is 0 Å². The Morgan fingerprint density at radius 2 is 1.01 bits per heavy atom. The molecule has 398 valence electrons. The molecular formula is C45H64N6O17P2S2. The van der Waals surface area contributed by atoms with Gasteiger partial charge in [-0.05, 0) is 61.1 Å². The van der Waals surface area contributed by atoms with Crippen molar-refractivity contribution in [3.8, 4) is 0 Å². The van der Waals surface area contributed by atoms with Gasteiger partial charge in [0.25, 0.3) is 12.9 Å². The van der Waals surface area contributed by atoms with Gasteiger partial charge < -0.3 is 49.5 Å². The minimum atomic E-state index is -3.49. The molecule has 23 nitrogen and oxygen atoms in total. The van der Waals surface area contributed by atoms with Crippen molar-refractivity contribution in [3.05, 3.63) is 82.6 Å². The smallest absolute Gasteiger partial charge is 0.317 e. The number of ketones is 3. The summed E-state index contributed by atoms with van der Waals surface area (Å²) in [4.78, 5) is 104. The number of Topliss-reactive ketones (excluding diaryl/α,β-unsaturated/α-hetero) is 3. The molecular weight excluding hydrogens is 1020 g/mol. The maximum absolute atomic E-state index is 13.2. The Balaban J connectivity index is 0.000000724. The zero-order valence-corrected chi connectivity index (χ0v) is 43.5. The number of anilines is 2. The molecule has 10 N–H and O–H groups in total. The number of benzene rings is 2. The van der Waals surface area contributed by atoms with Crippen molar-refractivity contribution >= 4 is 104 Å². The van der Waals surface area contributed by atoms with Gasteiger partial charge in [0.15, 0.2) is 29.8 Å². The zero-order chi connectivity index (χ0) is 54.0. The molecule has 2 unspecified atom stereocenters. The summed E-state index contributed by atoms with van der Waals surface area (Å²) in [7, 11) is -6.86. The normalized spacial score (nSPS) is 14.3. The van der Waals surface area contributed by atoms with Gasteiger partial charge in [-0.1, -0.05) is 25.1 Å². The maximum Gasteiger partial charge on any atom is 0.317 e. The number of rotatable bonds is 38. The topological polar surface area (TPSA) is 365 Å². The molecule has 6 atom stereocenters. The number of carbonyl (C=O) groups excluding carboxylic acids is 7. The number of amides is 2. The van der Waals surface area contributed by atoms with Gasteiger partial charge in [-0.25, -0.2) is 0 Å². The molecule has 0 fully saturated rings. The molecule has 0 aliphatic carbocycles. The first-order valence-corrected chi connectivity index (χ1v) is 27.8. The summed E-state index contributed by atoms with van der Waals surface area (Å²) in [5.41, 5.74) is 12.6. The molecule has 2 aromatic carbocycles. The standard InChI is InChI=1S/C24H34N3O9PS.C21H30N3O8PS/c1-3-20(29)17-5-7-18(8-6-17)27-37(34,36-4-2)13-14-38-15-19(21(30)9-12-24(32)33)26-23(31)11-10-22(25)35-16-28;1-2-32-33(30,24-16-6-4-3-5-7-16)12-13-34-14-17(18(26)8-11-21(28)29)23-20(27)10-9-19(22)31-15-25/h5-8,13-14,16,19,22H,3-4,9-12,15,25H2,1-2H3,(H,26,31)(H,27,34)(H,32,33);3-7,12-13,15,17,19H,2,8-11,14,22H2,1H3,(H,23,27)(H,24,30)(H,28,29)/b;13-12-/t19-,22+,37?;17-,19+,33?/m00/s1. The van der Waals surface area contributed by atoms with Crippen molar-refractivity contribution in [1.29, 1.82) is 0 Å². The summed E-state index contributed by atoms with van der Waals surface area (Å²) in [5.74, 6) is -1.47. The Kier molecular flexibility index (Phi) is 32.4. The van der Waals surface area contributed by atoms with Gasteiger partial charge in [-0.3, -0.25) is 63.7 Å². The van der Waals surface area contributed by atoms with Gasteiger partial charge in [-0.2, -0.15) is 0 Å². The van der Waals surface area contributed by atoms with Crippen LogP contribution in [0.3, 0.4) is 0 Å². The lowest BCUT2D eigenvalue weighted by Gasteiger charge is -2.18. The van der Waals surface area contributed by atoms with Gasteiger partial charge in [-0.15, -0.1) is 23.5 Å². The fourth-order valence-electron chi connectivity index (χ4n) is 5.56. The molecule has 0 heterocycles. The molecule has 27 heteroatoms. The van der Waals surface area contributed by atoms with E-state index in [4.69, 9.17) is 30.7 Å². The highest BCUT2D eigenvalue weighted by molar-refractivity contribution is 8.02. The first kappa shape index (κ1) is 64.4. The van der Waals surface area contributed by atoms with E-state index in [2.05, 4.69) is 30.3 Å². The molecule has 0 saturated carbocycles. The molecule has 0 aromatic heterocycles. The number of nitrogens with two attached hydrogens (primary N) is 2. The average Bonchev–Trinajstić information content (AvgIpc) is 3.33. The second-order valence-corrected chi connectivity index (χ2v) is 20.6. The van der Waals surface area contributed by atoms with Gasteiger partial charge in [0, 0.05) is 85.0 Å². The minimum absolute atomic E-state index is 0.0162. The third kappa shape index (κ3) is 29.0. The van der Waals surface area contributed by atoms with E-state index >= 15 is 0 Å². The van der Waals surface area contributed by atoms with E-state index < -0.39 is 81.3 Å². The van der Waals surface area contributed by atoms with Crippen LogP contribution in [0.15, 0.2) is 77.0 Å². The van der Waals surface area contributed by atoms with Crippen molar-refractivity contribution < 1.29 is 81.0 Å². The van der Waals surface area contributed by atoms with Crippen LogP contribution in [0.5, 0.6) is 0 Å². The van der Waals surface area contributed by atoms with E-state index in [0.29, 0.717) is 23.4 Å². The SMILES string of the molecule is CCOP(=O)(/C=C\SC[C@H](NC(=O)CC[C@H](N)OC=O)C(=O)CCC(=O)O)Nc1ccccc1.CCOP(=O)(C=CSC[C@H](NC(=O)CC[C@H](N)OC=O)C(=O)CCC(=O)O)Nc1ccc(C(=O)CC)cc1. The number of hydrogen-bond donors (Lipinski definition) is 8. The molecule has 0 spiro atoms. The molecule has 2 rings (SSSR count). The van der Waals surface area contributed by atoms with E-state index in [0.717, 1.165) is 23.5 Å². The number of carboxylic acid groups (broad SMARTS) is 2. The zero-order valence-electron chi connectivity index (χ0n) is 40.0. The fourth-order valence-corrected chi connectivity index (χ4v) is 10.9. The number of aliphatic carboxylic acids is 2. The van der Waals surface area contributed by atoms with Crippen LogP contribution in [-0.2, 0) is 66.0 Å². The number of nitrogens with one attached hydrogen (secondary N) is 4. The van der Waals surface area contributed by atoms with Crippen LogP contribution in [0.2, 0.25) is 0 Å². The summed E-state index contributed by atoms with van der Waals surface area (Å²) >= 11 is 2.19. The lowest BCUT2D eigenvalue weighted by Crippen LogP contribution is -2.43. The predicted octanol–water partition coefficient (Wildman–Crippen LogP) is 5.97. The average molecular weight is 1090 g/mol. The molecule has 2 aromatic rings. The van der Waals surface area contributed by atoms with Crippen LogP contribution in [0.4, 0.5) is 11.4 Å². The number of carboxylic acids is 2. The first-order valence-electron chi connectivity index (χ1n) is 22.3. The molecule has 0 saturated heterocycles. The van der Waals surface area contributed by atoms with Gasteiger partial charge in [0.05, 0.1) is 38.1 Å². The summed E-state index contributed by atoms with van der Waals surface area (Å²) in [6, 6.07) is 13.4. The number of hydrogen-bond acceptors (Lipinski definition) is 19. The van der Waals surface area contributed by atoms with Gasteiger partial charge in [0.1, 0.15) is 0 Å². The Hall–Kier alpha value is -5.65. The number of ether oxygens (including phenoxy) is 2. The van der Waals surface area contributed by atoms with Crippen molar-refractivity contribution in [3.63, 3.8) is 0 Å². The van der Waals surface area contributed by atoms with Crippen molar-refractivity contribution in [1.82, 2.24) is 10.6 Å². The molecule has 2 amide bonds. The monoisotopic (exact) mass is 1090 g/mol. The van der Waals surface area contributed by atoms with E-state index in [1.54, 1.807) is 69.3 Å². The van der Waals surface area contributed by atoms with Gasteiger partial charge in [0.2, 0.25) is 11.8 Å². The Labute approximate surface area is 426 Å². The van der Waals surface area contributed by atoms with E-state index in [1.807, 2.05) is 6.07 Å². The molecule has 72 heavy (non-hydrogen) atoms. The third-order valence-electron chi connectivity index (χ3n) is 9.14. The Bertz CT molecular complexity index is 2220. The van der Waals surface area contributed by atoms with Crippen molar-refractivity contribution in [2.75, 3.05) is 34.9 Å². The van der Waals surface area contributed by atoms with Crippen molar-refractivity contribution in [2.24, 2.45) is 11.5 Å². The number of thioether (sulfide) groups is 2. The number of para-hydroxylation sites is 1. The highest BCUT2D eigenvalue weighted by atomic mass is 32.2. The molecule has 0 aliphatic rings. The van der Waals surface area contributed by atoms with Crippen LogP contribution >= 0.6 is 38.6 Å². The molecule has 0 bridgehead atoms. The van der Waals surface area contributed by atoms with E-state index in [-0.39, 0.29) is 88.4 Å². The molecule has 0 radical (unpaired) electrons. The third-order valence-corrected chi connectivity index (χ3v) is 14.8. The largest absolute Gasteiger partial charge is 0.481 e. The van der Waals surface area contributed by atoms with Crippen molar-refractivity contribution in [2.45, 2.75) is 103 Å². The van der Waals surface area contributed by atoms with Crippen LogP contribution in [0, 0.1) is 0 Å². The number of carbonyl (C=O) groups is 9. The second-order valence-electron chi connectivity index (χ2n) is 14.8. The van der Waals surface area contributed by atoms with Crippen LogP contribution < -0.4 is 32.3 Å². The highest BCUT2D eigenvalue weighted by Gasteiger charge is 2.25. The Morgan fingerprint density at radius 1 is 0.611 bits per heavy atom. The lowest BCUT2D eigenvalue weighted by atomic mass is 10.1. The Morgan fingerprint density at radius 3 is 1.38 bits per heavy atom. The minimum Gasteiger partial charge on any atom is -0.481 e.